The van der Waals surface area contributed by atoms with Crippen molar-refractivity contribution >= 4 is 49.0 Å². The Morgan fingerprint density at radius 3 is 2.38 bits per heavy atom. The molecule has 1 saturated carbocycles. The van der Waals surface area contributed by atoms with Gasteiger partial charge in [0.15, 0.2) is 9.84 Å². The summed E-state index contributed by atoms with van der Waals surface area (Å²) >= 11 is 12.1. The Bertz CT molecular complexity index is 958. The number of carbonyl (C=O) groups excluding carboxylic acids is 1. The zero-order valence-corrected chi connectivity index (χ0v) is 17.1. The highest BCUT2D eigenvalue weighted by Crippen LogP contribution is 2.32. The standard InChI is InChI=1S/C15H18Cl2N2O5S2/c1-19(10-4-5-25(21,22)8-10)15(20)11-6-14(13(17)7-12(11)16)26(23,24)18-9-2-3-9/h6-7,9-10,18H,2-5,8H2,1H3. The zero-order valence-electron chi connectivity index (χ0n) is 13.9. The highest BCUT2D eigenvalue weighted by molar-refractivity contribution is 7.91. The monoisotopic (exact) mass is 440 g/mol. The van der Waals surface area contributed by atoms with Gasteiger partial charge in [-0.3, -0.25) is 4.79 Å². The lowest BCUT2D eigenvalue weighted by molar-refractivity contribution is 0.0747. The Morgan fingerprint density at radius 2 is 1.85 bits per heavy atom. The molecule has 1 atom stereocenters. The van der Waals surface area contributed by atoms with Crippen LogP contribution in [-0.2, 0) is 19.9 Å². The molecule has 26 heavy (non-hydrogen) atoms. The summed E-state index contributed by atoms with van der Waals surface area (Å²) in [6, 6.07) is 1.79. The van der Waals surface area contributed by atoms with Crippen molar-refractivity contribution in [1.82, 2.24) is 9.62 Å². The molecule has 0 radical (unpaired) electrons. The molecule has 1 N–H and O–H groups in total. The second-order valence-electron chi connectivity index (χ2n) is 6.63. The van der Waals surface area contributed by atoms with Crippen LogP contribution >= 0.6 is 23.2 Å². The van der Waals surface area contributed by atoms with E-state index in [9.17, 15) is 21.6 Å². The average molecular weight is 441 g/mol. The number of amides is 1. The lowest BCUT2D eigenvalue weighted by Gasteiger charge is -2.24. The molecule has 1 saturated heterocycles. The minimum absolute atomic E-state index is 0.0121. The Labute approximate surface area is 162 Å². The first-order chi connectivity index (χ1) is 12.0. The molecular weight excluding hydrogens is 423 g/mol. The van der Waals surface area contributed by atoms with Crippen LogP contribution in [0.2, 0.25) is 10.0 Å². The van der Waals surface area contributed by atoms with E-state index in [0.717, 1.165) is 18.9 Å². The first-order valence-corrected chi connectivity index (χ1v) is 12.1. The Morgan fingerprint density at radius 1 is 1.19 bits per heavy atom. The van der Waals surface area contributed by atoms with Crippen molar-refractivity contribution in [3.05, 3.63) is 27.7 Å². The van der Waals surface area contributed by atoms with Gasteiger partial charge < -0.3 is 4.90 Å². The number of nitrogens with zero attached hydrogens (tertiary/aromatic N) is 1. The molecule has 1 aliphatic heterocycles. The van der Waals surface area contributed by atoms with E-state index in [1.165, 1.54) is 18.0 Å². The lowest BCUT2D eigenvalue weighted by Crippen LogP contribution is -2.38. The van der Waals surface area contributed by atoms with Crippen LogP contribution in [0.4, 0.5) is 0 Å². The van der Waals surface area contributed by atoms with Gasteiger partial charge in [-0.15, -0.1) is 0 Å². The highest BCUT2D eigenvalue weighted by atomic mass is 35.5. The Hall–Kier alpha value is -0.870. The maximum Gasteiger partial charge on any atom is 0.255 e. The molecule has 11 heteroatoms. The van der Waals surface area contributed by atoms with Gasteiger partial charge in [-0.05, 0) is 31.4 Å². The molecule has 1 aromatic carbocycles. The number of sulfonamides is 1. The van der Waals surface area contributed by atoms with Crippen LogP contribution in [0.15, 0.2) is 17.0 Å². The summed E-state index contributed by atoms with van der Waals surface area (Å²) < 4.78 is 50.7. The van der Waals surface area contributed by atoms with E-state index in [1.54, 1.807) is 0 Å². The lowest BCUT2D eigenvalue weighted by atomic mass is 10.1. The number of carbonyl (C=O) groups is 1. The fourth-order valence-electron chi connectivity index (χ4n) is 2.82. The first-order valence-electron chi connectivity index (χ1n) is 7.99. The molecule has 2 aliphatic rings. The number of hydrogen-bond acceptors (Lipinski definition) is 5. The van der Waals surface area contributed by atoms with Crippen molar-refractivity contribution in [3.8, 4) is 0 Å². The number of benzene rings is 1. The van der Waals surface area contributed by atoms with Crippen molar-refractivity contribution in [1.29, 1.82) is 0 Å². The third-order valence-electron chi connectivity index (χ3n) is 4.52. The van der Waals surface area contributed by atoms with Crippen LogP contribution in [0.25, 0.3) is 0 Å². The van der Waals surface area contributed by atoms with E-state index < -0.39 is 31.8 Å². The highest BCUT2D eigenvalue weighted by Gasteiger charge is 2.35. The van der Waals surface area contributed by atoms with Gasteiger partial charge in [0.2, 0.25) is 10.0 Å². The molecule has 7 nitrogen and oxygen atoms in total. The predicted molar refractivity (Wildman–Crippen MR) is 99.0 cm³/mol. The second-order valence-corrected chi connectivity index (χ2v) is 11.4. The number of nitrogens with one attached hydrogen (secondary N) is 1. The van der Waals surface area contributed by atoms with Gasteiger partial charge in [-0.2, -0.15) is 0 Å². The van der Waals surface area contributed by atoms with Crippen molar-refractivity contribution in [2.24, 2.45) is 0 Å². The molecule has 1 heterocycles. The van der Waals surface area contributed by atoms with Crippen molar-refractivity contribution in [3.63, 3.8) is 0 Å². The van der Waals surface area contributed by atoms with Crippen LogP contribution < -0.4 is 4.72 Å². The fourth-order valence-corrected chi connectivity index (χ4v) is 6.75. The van der Waals surface area contributed by atoms with E-state index in [-0.39, 0.29) is 38.1 Å². The molecule has 144 valence electrons. The number of hydrogen-bond donors (Lipinski definition) is 1. The summed E-state index contributed by atoms with van der Waals surface area (Å²) in [7, 11) is -5.55. The van der Waals surface area contributed by atoms with E-state index in [4.69, 9.17) is 23.2 Å². The zero-order chi connectivity index (χ0) is 19.3. The van der Waals surface area contributed by atoms with Gasteiger partial charge in [0.1, 0.15) is 4.90 Å². The second kappa shape index (κ2) is 6.94. The molecule has 1 amide bonds. The van der Waals surface area contributed by atoms with E-state index >= 15 is 0 Å². The first kappa shape index (κ1) is 19.9. The molecule has 3 rings (SSSR count). The maximum atomic E-state index is 12.8. The topological polar surface area (TPSA) is 101 Å². The average Bonchev–Trinajstić information content (AvgIpc) is 3.25. The molecule has 1 aliphatic carbocycles. The van der Waals surface area contributed by atoms with Crippen molar-refractivity contribution in [2.75, 3.05) is 18.6 Å². The van der Waals surface area contributed by atoms with Crippen LogP contribution in [0.1, 0.15) is 29.6 Å². The van der Waals surface area contributed by atoms with Crippen LogP contribution in [0.5, 0.6) is 0 Å². The van der Waals surface area contributed by atoms with Gasteiger partial charge in [-0.25, -0.2) is 21.6 Å². The van der Waals surface area contributed by atoms with Gasteiger partial charge in [0.05, 0.1) is 27.1 Å². The summed E-state index contributed by atoms with van der Waals surface area (Å²) in [5.41, 5.74) is -0.0287. The summed E-state index contributed by atoms with van der Waals surface area (Å²) in [4.78, 5) is 13.9. The van der Waals surface area contributed by atoms with E-state index in [2.05, 4.69) is 4.72 Å². The largest absolute Gasteiger partial charge is 0.338 e. The minimum Gasteiger partial charge on any atom is -0.338 e. The quantitative estimate of drug-likeness (QED) is 0.750. The Kier molecular flexibility index (Phi) is 5.31. The number of halogens is 2. The number of rotatable bonds is 5. The van der Waals surface area contributed by atoms with E-state index in [1.807, 2.05) is 0 Å². The van der Waals surface area contributed by atoms with Crippen molar-refractivity contribution < 1.29 is 21.6 Å². The summed E-state index contributed by atoms with van der Waals surface area (Å²) in [5, 5.41) is -0.0659. The molecule has 2 fully saturated rings. The maximum absolute atomic E-state index is 12.8. The van der Waals surface area contributed by atoms with Gasteiger partial charge in [-0.1, -0.05) is 23.2 Å². The Balaban J connectivity index is 1.91. The molecule has 0 spiro atoms. The molecule has 0 bridgehead atoms. The van der Waals surface area contributed by atoms with Crippen LogP contribution in [-0.4, -0.2) is 58.3 Å². The van der Waals surface area contributed by atoms with E-state index in [0.29, 0.717) is 6.42 Å². The van der Waals surface area contributed by atoms with Crippen LogP contribution in [0, 0.1) is 0 Å². The van der Waals surface area contributed by atoms with Gasteiger partial charge >= 0.3 is 0 Å². The molecule has 1 unspecified atom stereocenters. The third kappa shape index (κ3) is 4.17. The predicted octanol–water partition coefficient (Wildman–Crippen LogP) is 1.69. The van der Waals surface area contributed by atoms with Crippen LogP contribution in [0.3, 0.4) is 0 Å². The normalized spacial score (nSPS) is 22.3. The smallest absolute Gasteiger partial charge is 0.255 e. The number of sulfone groups is 1. The summed E-state index contributed by atoms with van der Waals surface area (Å²) in [6.07, 6.45) is 1.86. The fraction of sp³-hybridized carbons (Fsp3) is 0.533. The van der Waals surface area contributed by atoms with Gasteiger partial charge in [0.25, 0.3) is 5.91 Å². The minimum atomic E-state index is -3.87. The third-order valence-corrected chi connectivity index (χ3v) is 8.57. The molecular formula is C15H18Cl2N2O5S2. The van der Waals surface area contributed by atoms with Gasteiger partial charge in [0, 0.05) is 19.1 Å². The van der Waals surface area contributed by atoms with Crippen molar-refractivity contribution in [2.45, 2.75) is 36.2 Å². The molecule has 1 aromatic rings. The molecule has 0 aromatic heterocycles. The SMILES string of the molecule is CN(C(=O)c1cc(S(=O)(=O)NC2CC2)c(Cl)cc1Cl)C1CCS(=O)(=O)C1. The summed E-state index contributed by atoms with van der Waals surface area (Å²) in [5.74, 6) is -0.639. The summed E-state index contributed by atoms with van der Waals surface area (Å²) in [6.45, 7) is 0.